The summed E-state index contributed by atoms with van der Waals surface area (Å²) < 4.78 is 28.9. The molecule has 0 saturated heterocycles. The van der Waals surface area contributed by atoms with Crippen LogP contribution in [0.3, 0.4) is 0 Å². The van der Waals surface area contributed by atoms with Crippen LogP contribution in [0.15, 0.2) is 36.4 Å². The molecule has 6 nitrogen and oxygen atoms in total. The fraction of sp³-hybridized carbons (Fsp3) is 0.350. The lowest BCUT2D eigenvalue weighted by atomic mass is 9.84. The highest BCUT2D eigenvalue weighted by Crippen LogP contribution is 2.39. The second-order valence-corrected chi connectivity index (χ2v) is 6.61. The van der Waals surface area contributed by atoms with Crippen LogP contribution < -0.4 is 24.8 Å². The number of halogens is 1. The van der Waals surface area contributed by atoms with Gasteiger partial charge in [0.25, 0.3) is 0 Å². The molecule has 0 aliphatic rings. The van der Waals surface area contributed by atoms with Crippen molar-refractivity contribution in [3.05, 3.63) is 47.8 Å². The lowest BCUT2D eigenvalue weighted by molar-refractivity contribution is 0.249. The Bertz CT molecular complexity index is 766. The molecule has 2 amide bonds. The molecule has 0 saturated carbocycles. The Morgan fingerprint density at radius 1 is 1.00 bits per heavy atom. The molecule has 27 heavy (non-hydrogen) atoms. The molecule has 2 rings (SSSR count). The van der Waals surface area contributed by atoms with Gasteiger partial charge in [-0.25, -0.2) is 9.18 Å². The van der Waals surface area contributed by atoms with Gasteiger partial charge >= 0.3 is 6.03 Å². The summed E-state index contributed by atoms with van der Waals surface area (Å²) in [4.78, 5) is 12.3. The monoisotopic (exact) mass is 376 g/mol. The number of hydrogen-bond acceptors (Lipinski definition) is 4. The Morgan fingerprint density at radius 2 is 1.56 bits per heavy atom. The summed E-state index contributed by atoms with van der Waals surface area (Å²) in [5.74, 6) is 1.05. The number of urea groups is 1. The Balaban J connectivity index is 2.06. The van der Waals surface area contributed by atoms with Crippen molar-refractivity contribution in [1.29, 1.82) is 0 Å². The van der Waals surface area contributed by atoms with Gasteiger partial charge in [0, 0.05) is 24.1 Å². The van der Waals surface area contributed by atoms with Crippen LogP contribution in [0.1, 0.15) is 19.4 Å². The summed E-state index contributed by atoms with van der Waals surface area (Å²) in [6, 6.07) is 9.17. The fourth-order valence-electron chi connectivity index (χ4n) is 2.63. The van der Waals surface area contributed by atoms with Crippen LogP contribution in [0, 0.1) is 5.82 Å². The first-order valence-electron chi connectivity index (χ1n) is 8.41. The number of hydrogen-bond donors (Lipinski definition) is 2. The van der Waals surface area contributed by atoms with Crippen LogP contribution in [0.25, 0.3) is 0 Å². The number of nitrogens with one attached hydrogen (secondary N) is 2. The Labute approximate surface area is 158 Å². The molecule has 0 aromatic heterocycles. The number of ether oxygens (including phenoxy) is 3. The van der Waals surface area contributed by atoms with E-state index in [1.807, 2.05) is 13.8 Å². The Morgan fingerprint density at radius 3 is 2.04 bits per heavy atom. The van der Waals surface area contributed by atoms with E-state index in [2.05, 4.69) is 10.6 Å². The van der Waals surface area contributed by atoms with Crippen LogP contribution in [-0.2, 0) is 5.41 Å². The molecule has 146 valence electrons. The number of anilines is 1. The van der Waals surface area contributed by atoms with Crippen molar-refractivity contribution in [2.75, 3.05) is 33.2 Å². The predicted octanol–water partition coefficient (Wildman–Crippen LogP) is 3.95. The molecule has 2 N–H and O–H groups in total. The summed E-state index contributed by atoms with van der Waals surface area (Å²) >= 11 is 0. The van der Waals surface area contributed by atoms with Gasteiger partial charge in [-0.15, -0.1) is 0 Å². The smallest absolute Gasteiger partial charge is 0.319 e. The minimum Gasteiger partial charge on any atom is -0.493 e. The van der Waals surface area contributed by atoms with Crippen molar-refractivity contribution < 1.29 is 23.4 Å². The molecule has 0 aliphatic heterocycles. The molecular formula is C20H25FN2O4. The summed E-state index contributed by atoms with van der Waals surface area (Å²) in [6.07, 6.45) is 0. The van der Waals surface area contributed by atoms with Crippen LogP contribution in [0.4, 0.5) is 14.9 Å². The van der Waals surface area contributed by atoms with E-state index in [0.29, 0.717) is 29.5 Å². The summed E-state index contributed by atoms with van der Waals surface area (Å²) in [6.45, 7) is 4.31. The molecule has 0 bridgehead atoms. The van der Waals surface area contributed by atoms with Crippen LogP contribution in [0.5, 0.6) is 17.2 Å². The van der Waals surface area contributed by atoms with Crippen LogP contribution >= 0.6 is 0 Å². The second-order valence-electron chi connectivity index (χ2n) is 6.61. The SMILES string of the molecule is COc1cc(NC(=O)NCC(C)(C)c2ccc(F)cc2)cc(OC)c1OC. The summed E-state index contributed by atoms with van der Waals surface area (Å²) in [5.41, 5.74) is 1.07. The summed E-state index contributed by atoms with van der Waals surface area (Å²) in [5, 5.41) is 5.58. The van der Waals surface area contributed by atoms with E-state index in [1.54, 1.807) is 24.3 Å². The average molecular weight is 376 g/mol. The number of carbonyl (C=O) groups excluding carboxylic acids is 1. The number of benzene rings is 2. The maximum atomic E-state index is 13.1. The van der Waals surface area contributed by atoms with Gasteiger partial charge in [-0.2, -0.15) is 0 Å². The molecule has 0 fully saturated rings. The largest absolute Gasteiger partial charge is 0.493 e. The maximum Gasteiger partial charge on any atom is 0.319 e. The topological polar surface area (TPSA) is 68.8 Å². The van der Waals surface area contributed by atoms with E-state index in [9.17, 15) is 9.18 Å². The third-order valence-electron chi connectivity index (χ3n) is 4.24. The highest BCUT2D eigenvalue weighted by Gasteiger charge is 2.22. The number of methoxy groups -OCH3 is 3. The van der Waals surface area contributed by atoms with Crippen molar-refractivity contribution in [2.45, 2.75) is 19.3 Å². The molecule has 2 aromatic carbocycles. The zero-order valence-corrected chi connectivity index (χ0v) is 16.2. The Hall–Kier alpha value is -2.96. The van der Waals surface area contributed by atoms with E-state index in [4.69, 9.17) is 14.2 Å². The van der Waals surface area contributed by atoms with Gasteiger partial charge in [-0.05, 0) is 17.7 Å². The molecule has 0 aliphatic carbocycles. The third-order valence-corrected chi connectivity index (χ3v) is 4.24. The molecule has 0 spiro atoms. The molecule has 0 atom stereocenters. The maximum absolute atomic E-state index is 13.1. The van der Waals surface area contributed by atoms with Crippen molar-refractivity contribution in [2.24, 2.45) is 0 Å². The van der Waals surface area contributed by atoms with E-state index >= 15 is 0 Å². The first-order valence-corrected chi connectivity index (χ1v) is 8.41. The molecule has 0 radical (unpaired) electrons. The zero-order valence-electron chi connectivity index (χ0n) is 16.2. The van der Waals surface area contributed by atoms with Crippen molar-refractivity contribution in [3.63, 3.8) is 0 Å². The van der Waals surface area contributed by atoms with E-state index in [0.717, 1.165) is 5.56 Å². The van der Waals surface area contributed by atoms with Crippen molar-refractivity contribution in [1.82, 2.24) is 5.32 Å². The van der Waals surface area contributed by atoms with Gasteiger partial charge < -0.3 is 24.8 Å². The van der Waals surface area contributed by atoms with Gasteiger partial charge in [0.05, 0.1) is 27.0 Å². The average Bonchev–Trinajstić information content (AvgIpc) is 2.66. The van der Waals surface area contributed by atoms with Gasteiger partial charge in [0.2, 0.25) is 5.75 Å². The Kier molecular flexibility index (Phi) is 6.50. The molecule has 0 heterocycles. The predicted molar refractivity (Wildman–Crippen MR) is 103 cm³/mol. The van der Waals surface area contributed by atoms with E-state index < -0.39 is 0 Å². The summed E-state index contributed by atoms with van der Waals surface area (Å²) in [7, 11) is 4.52. The first kappa shape index (κ1) is 20.4. The quantitative estimate of drug-likeness (QED) is 0.768. The van der Waals surface area contributed by atoms with Crippen molar-refractivity contribution in [3.8, 4) is 17.2 Å². The van der Waals surface area contributed by atoms with Crippen LogP contribution in [-0.4, -0.2) is 33.9 Å². The second kappa shape index (κ2) is 8.62. The number of rotatable bonds is 7. The highest BCUT2D eigenvalue weighted by molar-refractivity contribution is 5.90. The molecular weight excluding hydrogens is 351 g/mol. The minimum atomic E-state index is -0.376. The van der Waals surface area contributed by atoms with Crippen molar-refractivity contribution >= 4 is 11.7 Å². The number of amides is 2. The van der Waals surface area contributed by atoms with Gasteiger partial charge in [-0.1, -0.05) is 26.0 Å². The first-order chi connectivity index (χ1) is 12.8. The molecule has 0 unspecified atom stereocenters. The van der Waals surface area contributed by atoms with E-state index in [1.165, 1.54) is 33.5 Å². The lowest BCUT2D eigenvalue weighted by Gasteiger charge is -2.25. The highest BCUT2D eigenvalue weighted by atomic mass is 19.1. The standard InChI is InChI=1S/C20H25FN2O4/c1-20(2,13-6-8-14(21)9-7-13)12-22-19(24)23-15-10-16(25-3)18(27-5)17(11-15)26-4/h6-11H,12H2,1-5H3,(H2,22,23,24). The molecule has 7 heteroatoms. The van der Waals surface area contributed by atoms with E-state index in [-0.39, 0.29) is 17.3 Å². The molecule has 2 aromatic rings. The third kappa shape index (κ3) is 5.03. The minimum absolute atomic E-state index is 0.289. The van der Waals surface area contributed by atoms with Gasteiger partial charge in [0.1, 0.15) is 5.82 Å². The van der Waals surface area contributed by atoms with Gasteiger partial charge in [0.15, 0.2) is 11.5 Å². The fourth-order valence-corrected chi connectivity index (χ4v) is 2.63. The van der Waals surface area contributed by atoms with Crippen LogP contribution in [0.2, 0.25) is 0 Å². The zero-order chi connectivity index (χ0) is 20.0. The number of carbonyl (C=O) groups is 1. The van der Waals surface area contributed by atoms with Gasteiger partial charge in [-0.3, -0.25) is 0 Å². The normalized spacial score (nSPS) is 10.9. The lowest BCUT2D eigenvalue weighted by Crippen LogP contribution is -2.39.